The lowest BCUT2D eigenvalue weighted by atomic mass is 10.0. The molecule has 0 aromatic heterocycles. The second-order valence-corrected chi connectivity index (χ2v) is 5.02. The van der Waals surface area contributed by atoms with E-state index in [0.717, 1.165) is 12.1 Å². The normalized spacial score (nSPS) is 10.5. The van der Waals surface area contributed by atoms with E-state index >= 15 is 0 Å². The monoisotopic (exact) mass is 310 g/mol. The van der Waals surface area contributed by atoms with E-state index in [4.69, 9.17) is 16.3 Å². The summed E-state index contributed by atoms with van der Waals surface area (Å²) in [5, 5.41) is 0.492. The van der Waals surface area contributed by atoms with Crippen LogP contribution in [0.25, 0.3) is 0 Å². The van der Waals surface area contributed by atoms with E-state index in [0.29, 0.717) is 16.3 Å². The maximum atomic E-state index is 13.5. The number of hydrogen-bond donors (Lipinski definition) is 0. The van der Waals surface area contributed by atoms with E-state index in [2.05, 4.69) is 0 Å². The van der Waals surface area contributed by atoms with Crippen LogP contribution in [0.3, 0.4) is 0 Å². The minimum absolute atomic E-state index is 0.0700. The molecule has 110 valence electrons. The van der Waals surface area contributed by atoms with Crippen molar-refractivity contribution in [1.29, 1.82) is 0 Å². The molecule has 0 aliphatic heterocycles. The van der Waals surface area contributed by atoms with Gasteiger partial charge in [-0.1, -0.05) is 17.7 Å². The van der Waals surface area contributed by atoms with E-state index in [-0.39, 0.29) is 24.2 Å². The van der Waals surface area contributed by atoms with Crippen molar-refractivity contribution in [3.63, 3.8) is 0 Å². The molecule has 5 heteroatoms. The van der Waals surface area contributed by atoms with E-state index in [9.17, 15) is 13.6 Å². The lowest BCUT2D eigenvalue weighted by molar-refractivity contribution is -0.117. The van der Waals surface area contributed by atoms with Crippen molar-refractivity contribution in [2.75, 3.05) is 7.11 Å². The fourth-order valence-electron chi connectivity index (χ4n) is 2.04. The van der Waals surface area contributed by atoms with Crippen LogP contribution in [-0.4, -0.2) is 12.9 Å². The summed E-state index contributed by atoms with van der Waals surface area (Å²) in [4.78, 5) is 12.0. The Hall–Kier alpha value is -1.94. The van der Waals surface area contributed by atoms with Crippen LogP contribution in [0.15, 0.2) is 36.4 Å². The molecule has 0 radical (unpaired) electrons. The Morgan fingerprint density at radius 3 is 2.48 bits per heavy atom. The first kappa shape index (κ1) is 15.4. The number of benzene rings is 2. The number of methoxy groups -OCH3 is 1. The van der Waals surface area contributed by atoms with Gasteiger partial charge in [0.15, 0.2) is 0 Å². The molecule has 0 unspecified atom stereocenters. The predicted molar refractivity (Wildman–Crippen MR) is 76.8 cm³/mol. The fraction of sp³-hybridized carbons (Fsp3) is 0.188. The van der Waals surface area contributed by atoms with Crippen molar-refractivity contribution in [2.24, 2.45) is 0 Å². The lowest BCUT2D eigenvalue weighted by Gasteiger charge is -2.09. The molecule has 0 atom stereocenters. The summed E-state index contributed by atoms with van der Waals surface area (Å²) in [7, 11) is 1.50. The smallest absolute Gasteiger partial charge is 0.141 e. The molecule has 2 aromatic carbocycles. The van der Waals surface area contributed by atoms with Crippen molar-refractivity contribution in [2.45, 2.75) is 12.8 Å². The van der Waals surface area contributed by atoms with Crippen molar-refractivity contribution < 1.29 is 18.3 Å². The second kappa shape index (κ2) is 6.68. The SMILES string of the molecule is COc1ccc(Cl)cc1CC(=O)Cc1ccc(F)cc1F. The van der Waals surface area contributed by atoms with E-state index in [1.165, 1.54) is 13.2 Å². The van der Waals surface area contributed by atoms with Crippen LogP contribution in [0.4, 0.5) is 8.78 Å². The average Bonchev–Trinajstić information content (AvgIpc) is 2.42. The first-order chi connectivity index (χ1) is 9.99. The highest BCUT2D eigenvalue weighted by Gasteiger charge is 2.13. The van der Waals surface area contributed by atoms with Gasteiger partial charge in [-0.25, -0.2) is 8.78 Å². The van der Waals surface area contributed by atoms with Gasteiger partial charge in [0, 0.05) is 29.5 Å². The Kier molecular flexibility index (Phi) is 4.91. The molecule has 0 aliphatic rings. The third-order valence-corrected chi connectivity index (χ3v) is 3.27. The minimum atomic E-state index is -0.721. The van der Waals surface area contributed by atoms with Crippen molar-refractivity contribution >= 4 is 17.4 Å². The van der Waals surface area contributed by atoms with Gasteiger partial charge in [-0.05, 0) is 29.8 Å². The van der Waals surface area contributed by atoms with Crippen LogP contribution in [0.1, 0.15) is 11.1 Å². The summed E-state index contributed by atoms with van der Waals surface area (Å²) in [5.74, 6) is -1.05. The van der Waals surface area contributed by atoms with Crippen molar-refractivity contribution in [3.8, 4) is 5.75 Å². The van der Waals surface area contributed by atoms with Crippen molar-refractivity contribution in [3.05, 3.63) is 64.2 Å². The fourth-order valence-corrected chi connectivity index (χ4v) is 2.23. The zero-order chi connectivity index (χ0) is 15.4. The molecule has 0 fully saturated rings. The van der Waals surface area contributed by atoms with Gasteiger partial charge < -0.3 is 4.74 Å². The highest BCUT2D eigenvalue weighted by molar-refractivity contribution is 6.30. The molecule has 0 aliphatic carbocycles. The zero-order valence-corrected chi connectivity index (χ0v) is 12.1. The number of ketones is 1. The third kappa shape index (κ3) is 4.02. The first-order valence-corrected chi connectivity index (χ1v) is 6.65. The third-order valence-electron chi connectivity index (χ3n) is 3.03. The molecule has 0 saturated heterocycles. The molecule has 2 rings (SSSR count). The van der Waals surface area contributed by atoms with Gasteiger partial charge in [0.05, 0.1) is 7.11 Å². The van der Waals surface area contributed by atoms with Gasteiger partial charge in [0.1, 0.15) is 23.2 Å². The quantitative estimate of drug-likeness (QED) is 0.835. The van der Waals surface area contributed by atoms with Gasteiger partial charge >= 0.3 is 0 Å². The highest BCUT2D eigenvalue weighted by atomic mass is 35.5. The summed E-state index contributed by atoms with van der Waals surface area (Å²) in [6.45, 7) is 0. The molecule has 0 spiro atoms. The number of carbonyl (C=O) groups excluding carboxylic acids is 1. The topological polar surface area (TPSA) is 26.3 Å². The van der Waals surface area contributed by atoms with Crippen LogP contribution in [0.2, 0.25) is 5.02 Å². The number of Topliss-reactive ketones (excluding diaryl/α,β-unsaturated/α-hetero) is 1. The van der Waals surface area contributed by atoms with E-state index in [1.54, 1.807) is 18.2 Å². The van der Waals surface area contributed by atoms with E-state index in [1.807, 2.05) is 0 Å². The van der Waals surface area contributed by atoms with Gasteiger partial charge in [-0.15, -0.1) is 0 Å². The van der Waals surface area contributed by atoms with Crippen molar-refractivity contribution in [1.82, 2.24) is 0 Å². The Labute approximate surface area is 126 Å². The van der Waals surface area contributed by atoms with Crippen LogP contribution >= 0.6 is 11.6 Å². The molecule has 0 saturated carbocycles. The molecule has 0 N–H and O–H groups in total. The number of halogens is 3. The standard InChI is InChI=1S/C16H13ClF2O2/c1-21-16-5-3-12(17)6-11(16)8-14(20)7-10-2-4-13(18)9-15(10)19/h2-6,9H,7-8H2,1H3. The molecule has 0 heterocycles. The number of carbonyl (C=O) groups is 1. The van der Waals surface area contributed by atoms with Crippen LogP contribution in [0.5, 0.6) is 5.75 Å². The second-order valence-electron chi connectivity index (χ2n) is 4.58. The summed E-state index contributed by atoms with van der Waals surface area (Å²) < 4.78 is 31.5. The lowest BCUT2D eigenvalue weighted by Crippen LogP contribution is -2.09. The summed E-state index contributed by atoms with van der Waals surface area (Å²) in [6, 6.07) is 8.14. The summed E-state index contributed by atoms with van der Waals surface area (Å²) >= 11 is 5.89. The molecule has 21 heavy (non-hydrogen) atoms. The number of hydrogen-bond acceptors (Lipinski definition) is 2. The maximum Gasteiger partial charge on any atom is 0.141 e. The van der Waals surface area contributed by atoms with Crippen LogP contribution in [0, 0.1) is 11.6 Å². The van der Waals surface area contributed by atoms with Crippen LogP contribution in [-0.2, 0) is 17.6 Å². The number of rotatable bonds is 5. The average molecular weight is 311 g/mol. The largest absolute Gasteiger partial charge is 0.496 e. The Bertz CT molecular complexity index is 671. The van der Waals surface area contributed by atoms with Gasteiger partial charge in [-0.3, -0.25) is 4.79 Å². The van der Waals surface area contributed by atoms with Gasteiger partial charge in [-0.2, -0.15) is 0 Å². The molecule has 2 nitrogen and oxygen atoms in total. The zero-order valence-electron chi connectivity index (χ0n) is 11.3. The Balaban J connectivity index is 2.13. The maximum absolute atomic E-state index is 13.5. The molecular formula is C16H13ClF2O2. The summed E-state index contributed by atoms with van der Waals surface area (Å²) in [6.07, 6.45) is -0.0394. The van der Waals surface area contributed by atoms with Gasteiger partial charge in [0.2, 0.25) is 0 Å². The highest BCUT2D eigenvalue weighted by Crippen LogP contribution is 2.23. The molecule has 0 amide bonds. The summed E-state index contributed by atoms with van der Waals surface area (Å²) in [5.41, 5.74) is 0.805. The van der Waals surface area contributed by atoms with Crippen LogP contribution < -0.4 is 4.74 Å². The number of ether oxygens (including phenoxy) is 1. The molecular weight excluding hydrogens is 298 g/mol. The van der Waals surface area contributed by atoms with E-state index < -0.39 is 11.6 Å². The van der Waals surface area contributed by atoms with Gasteiger partial charge in [0.25, 0.3) is 0 Å². The Morgan fingerprint density at radius 2 is 1.81 bits per heavy atom. The molecule has 2 aromatic rings. The predicted octanol–water partition coefficient (Wildman–Crippen LogP) is 3.98. The minimum Gasteiger partial charge on any atom is -0.496 e. The molecule has 0 bridgehead atoms. The first-order valence-electron chi connectivity index (χ1n) is 6.27. The Morgan fingerprint density at radius 1 is 1.10 bits per heavy atom.